The van der Waals surface area contributed by atoms with Crippen molar-refractivity contribution >= 4 is 0 Å². The van der Waals surface area contributed by atoms with Gasteiger partial charge in [0.15, 0.2) is 0 Å². The van der Waals surface area contributed by atoms with Gasteiger partial charge in [-0.25, -0.2) is 4.98 Å². The predicted octanol–water partition coefficient (Wildman–Crippen LogP) is 6.95. The highest BCUT2D eigenvalue weighted by Crippen LogP contribution is 2.12. The van der Waals surface area contributed by atoms with Crippen molar-refractivity contribution < 1.29 is 4.74 Å². The van der Waals surface area contributed by atoms with E-state index in [1.54, 1.807) is 6.20 Å². The molecule has 2 rings (SSSR count). The van der Waals surface area contributed by atoms with Crippen LogP contribution in [0.4, 0.5) is 0 Å². The van der Waals surface area contributed by atoms with Crippen LogP contribution in [0.25, 0.3) is 0 Å². The van der Waals surface area contributed by atoms with Gasteiger partial charge in [-0.05, 0) is 55.0 Å². The summed E-state index contributed by atoms with van der Waals surface area (Å²) in [5, 5.41) is 0. The van der Waals surface area contributed by atoms with E-state index < -0.39 is 0 Å². The molecule has 0 aliphatic rings. The van der Waals surface area contributed by atoms with Gasteiger partial charge >= 0.3 is 0 Å². The van der Waals surface area contributed by atoms with E-state index in [0.717, 1.165) is 36.5 Å². The molecule has 1 aromatic heterocycles. The summed E-state index contributed by atoms with van der Waals surface area (Å²) in [6, 6.07) is 12.5. The quantitative estimate of drug-likeness (QED) is 0.295. The van der Waals surface area contributed by atoms with Crippen molar-refractivity contribution in [1.29, 1.82) is 0 Å². The van der Waals surface area contributed by atoms with Crippen LogP contribution in [0.2, 0.25) is 0 Å². The molecule has 0 bridgehead atoms. The maximum atomic E-state index is 5.75. The fourth-order valence-corrected chi connectivity index (χ4v) is 3.08. The molecule has 0 atom stereocenters. The van der Waals surface area contributed by atoms with Gasteiger partial charge in [-0.1, -0.05) is 76.8 Å². The van der Waals surface area contributed by atoms with Gasteiger partial charge in [0.25, 0.3) is 0 Å². The summed E-state index contributed by atoms with van der Waals surface area (Å²) in [6.07, 6.45) is 14.4. The number of aryl methyl sites for hydroxylation is 1. The van der Waals surface area contributed by atoms with E-state index in [4.69, 9.17) is 4.74 Å². The van der Waals surface area contributed by atoms with Gasteiger partial charge in [-0.15, -0.1) is 0 Å². The van der Waals surface area contributed by atoms with Gasteiger partial charge in [0.1, 0.15) is 11.4 Å². The Bertz CT molecular complexity index is 707. The molecule has 0 fully saturated rings. The molecule has 0 aliphatic carbocycles. The Labute approximate surface area is 171 Å². The van der Waals surface area contributed by atoms with Crippen molar-refractivity contribution in [1.82, 2.24) is 4.98 Å². The second kappa shape index (κ2) is 13.8. The lowest BCUT2D eigenvalue weighted by Gasteiger charge is -2.05. The average molecular weight is 378 g/mol. The number of nitrogens with zero attached hydrogens (tertiary/aromatic N) is 1. The van der Waals surface area contributed by atoms with Crippen LogP contribution >= 0.6 is 0 Å². The Morgan fingerprint density at radius 3 is 2.14 bits per heavy atom. The topological polar surface area (TPSA) is 22.1 Å². The Hall–Kier alpha value is -2.27. The molecule has 0 amide bonds. The number of hydrogen-bond donors (Lipinski definition) is 0. The average Bonchev–Trinajstić information content (AvgIpc) is 2.74. The molecule has 0 radical (unpaired) electrons. The summed E-state index contributed by atoms with van der Waals surface area (Å²) >= 11 is 0. The molecule has 2 heteroatoms. The maximum absolute atomic E-state index is 5.75. The lowest BCUT2D eigenvalue weighted by atomic mass is 10.0. The van der Waals surface area contributed by atoms with Crippen LogP contribution in [0.5, 0.6) is 5.75 Å². The zero-order chi connectivity index (χ0) is 19.9. The number of hydrogen-bond acceptors (Lipinski definition) is 2. The first-order valence-corrected chi connectivity index (χ1v) is 11.0. The number of rotatable bonds is 12. The lowest BCUT2D eigenvalue weighted by molar-refractivity contribution is 0.303. The lowest BCUT2D eigenvalue weighted by Crippen LogP contribution is -1.98. The zero-order valence-corrected chi connectivity index (χ0v) is 17.7. The second-order valence-electron chi connectivity index (χ2n) is 7.40. The highest BCUT2D eigenvalue weighted by Gasteiger charge is 1.97. The normalized spacial score (nSPS) is 10.4. The van der Waals surface area contributed by atoms with Crippen molar-refractivity contribution in [2.45, 2.75) is 78.1 Å². The first-order chi connectivity index (χ1) is 13.8. The first kappa shape index (κ1) is 22.0. The number of unbranched alkanes of at least 4 members (excludes halogenated alkanes) is 7. The van der Waals surface area contributed by atoms with Crippen molar-refractivity contribution in [2.24, 2.45) is 0 Å². The van der Waals surface area contributed by atoms with Crippen LogP contribution in [0, 0.1) is 11.8 Å². The summed E-state index contributed by atoms with van der Waals surface area (Å²) in [4.78, 5) is 4.40. The molecule has 0 saturated heterocycles. The Kier molecular flexibility index (Phi) is 10.9. The third-order valence-electron chi connectivity index (χ3n) is 4.86. The van der Waals surface area contributed by atoms with Crippen molar-refractivity contribution in [3.8, 4) is 17.6 Å². The minimum atomic E-state index is 0.765. The fourth-order valence-electron chi connectivity index (χ4n) is 3.08. The summed E-state index contributed by atoms with van der Waals surface area (Å²) in [7, 11) is 0. The standard InChI is InChI=1S/C26H35NO/c1-3-5-7-9-11-21-28-26-20-19-25(27-22-26)18-17-24-15-13-23(14-16-24)12-10-8-6-4-2/h13-16,19-20,22H,3-12,21H2,1-2H3. The van der Waals surface area contributed by atoms with Crippen LogP contribution in [-0.4, -0.2) is 11.6 Å². The summed E-state index contributed by atoms with van der Waals surface area (Å²) in [5.74, 6) is 7.17. The highest BCUT2D eigenvalue weighted by molar-refractivity contribution is 5.41. The number of aromatic nitrogens is 1. The monoisotopic (exact) mass is 377 g/mol. The number of ether oxygens (including phenoxy) is 1. The zero-order valence-electron chi connectivity index (χ0n) is 17.7. The molecule has 0 N–H and O–H groups in total. The predicted molar refractivity (Wildman–Crippen MR) is 119 cm³/mol. The Morgan fingerprint density at radius 1 is 0.750 bits per heavy atom. The van der Waals surface area contributed by atoms with Gasteiger partial charge in [0, 0.05) is 5.56 Å². The van der Waals surface area contributed by atoms with E-state index >= 15 is 0 Å². The van der Waals surface area contributed by atoms with E-state index in [-0.39, 0.29) is 0 Å². The molecule has 1 heterocycles. The molecule has 1 aromatic carbocycles. The summed E-state index contributed by atoms with van der Waals surface area (Å²) in [5.41, 5.74) is 3.21. The smallest absolute Gasteiger partial charge is 0.137 e. The third kappa shape index (κ3) is 9.09. The van der Waals surface area contributed by atoms with E-state index in [9.17, 15) is 0 Å². The highest BCUT2D eigenvalue weighted by atomic mass is 16.5. The molecule has 150 valence electrons. The van der Waals surface area contributed by atoms with Gasteiger partial charge < -0.3 is 4.74 Å². The van der Waals surface area contributed by atoms with E-state index in [1.165, 1.54) is 56.9 Å². The maximum Gasteiger partial charge on any atom is 0.137 e. The Balaban J connectivity index is 1.75. The van der Waals surface area contributed by atoms with Gasteiger partial charge in [-0.2, -0.15) is 0 Å². The fraction of sp³-hybridized carbons (Fsp3) is 0.500. The van der Waals surface area contributed by atoms with Crippen LogP contribution < -0.4 is 4.74 Å². The van der Waals surface area contributed by atoms with E-state index in [1.807, 2.05) is 12.1 Å². The van der Waals surface area contributed by atoms with E-state index in [0.29, 0.717) is 0 Å². The molecule has 0 spiro atoms. The summed E-state index contributed by atoms with van der Waals surface area (Å²) < 4.78 is 5.75. The molecule has 2 nitrogen and oxygen atoms in total. The van der Waals surface area contributed by atoms with Gasteiger partial charge in [-0.3, -0.25) is 0 Å². The van der Waals surface area contributed by atoms with Crippen molar-refractivity contribution in [2.75, 3.05) is 6.61 Å². The number of benzene rings is 1. The largest absolute Gasteiger partial charge is 0.492 e. The van der Waals surface area contributed by atoms with Crippen molar-refractivity contribution in [3.05, 3.63) is 59.4 Å². The SMILES string of the molecule is CCCCCCCOc1ccc(C#Cc2ccc(CCCCCC)cc2)nc1. The van der Waals surface area contributed by atoms with Gasteiger partial charge in [0.05, 0.1) is 12.8 Å². The van der Waals surface area contributed by atoms with Gasteiger partial charge in [0.2, 0.25) is 0 Å². The van der Waals surface area contributed by atoms with Crippen LogP contribution in [0.1, 0.15) is 88.5 Å². The number of pyridine rings is 1. The minimum absolute atomic E-state index is 0.765. The molecular weight excluding hydrogens is 342 g/mol. The molecule has 28 heavy (non-hydrogen) atoms. The molecule has 0 aliphatic heterocycles. The molecule has 0 unspecified atom stereocenters. The second-order valence-corrected chi connectivity index (χ2v) is 7.40. The minimum Gasteiger partial charge on any atom is -0.492 e. The van der Waals surface area contributed by atoms with Crippen LogP contribution in [0.15, 0.2) is 42.6 Å². The first-order valence-electron chi connectivity index (χ1n) is 11.0. The Morgan fingerprint density at radius 2 is 1.46 bits per heavy atom. The van der Waals surface area contributed by atoms with Crippen molar-refractivity contribution in [3.63, 3.8) is 0 Å². The molecular formula is C26H35NO. The van der Waals surface area contributed by atoms with E-state index in [2.05, 4.69) is 54.9 Å². The van der Waals surface area contributed by atoms with Crippen LogP contribution in [-0.2, 0) is 6.42 Å². The molecule has 2 aromatic rings. The van der Waals surface area contributed by atoms with Crippen LogP contribution in [0.3, 0.4) is 0 Å². The summed E-state index contributed by atoms with van der Waals surface area (Å²) in [6.45, 7) is 5.25. The molecule has 0 saturated carbocycles. The third-order valence-corrected chi connectivity index (χ3v) is 4.86.